The van der Waals surface area contributed by atoms with Gasteiger partial charge in [-0.25, -0.2) is 4.79 Å². The van der Waals surface area contributed by atoms with E-state index in [0.29, 0.717) is 26.9 Å². The van der Waals surface area contributed by atoms with E-state index in [0.717, 1.165) is 37.7 Å². The molecule has 28 heavy (non-hydrogen) atoms. The Bertz CT molecular complexity index is 940. The molecule has 0 aliphatic heterocycles. The largest absolute Gasteiger partial charge is 0.465 e. The molecular weight excluding hydrogens is 398 g/mol. The molecule has 3 rings (SSSR count). The number of thiocarbonyl (C=S) groups is 1. The first-order valence-electron chi connectivity index (χ1n) is 8.96. The van der Waals surface area contributed by atoms with Crippen LogP contribution in [0.4, 0.5) is 16.4 Å². The number of nitrogens with zero attached hydrogens (tertiary/aromatic N) is 1. The van der Waals surface area contributed by atoms with Gasteiger partial charge in [0, 0.05) is 22.7 Å². The molecule has 0 bridgehead atoms. The van der Waals surface area contributed by atoms with E-state index in [-0.39, 0.29) is 11.7 Å². The van der Waals surface area contributed by atoms with Gasteiger partial charge >= 0.3 is 5.97 Å². The number of carbonyl (C=O) groups is 1. The van der Waals surface area contributed by atoms with Gasteiger partial charge in [-0.3, -0.25) is 10.1 Å². The monoisotopic (exact) mass is 419 g/mol. The van der Waals surface area contributed by atoms with Gasteiger partial charge < -0.3 is 15.4 Å². The Morgan fingerprint density at radius 1 is 1.25 bits per heavy atom. The molecule has 0 fully saturated rings. The molecule has 1 aliphatic carbocycles. The van der Waals surface area contributed by atoms with Crippen LogP contribution in [-0.2, 0) is 17.6 Å². The number of benzene rings is 1. The number of non-ortho nitro benzene ring substituents is 1. The highest BCUT2D eigenvalue weighted by molar-refractivity contribution is 7.80. The minimum Gasteiger partial charge on any atom is -0.465 e. The molecule has 0 spiro atoms. The average Bonchev–Trinajstić information content (AvgIpc) is 2.83. The van der Waals surface area contributed by atoms with Crippen LogP contribution in [0.15, 0.2) is 18.2 Å². The average molecular weight is 420 g/mol. The third-order valence-corrected chi connectivity index (χ3v) is 6.12. The number of rotatable bonds is 4. The summed E-state index contributed by atoms with van der Waals surface area (Å²) < 4.78 is 5.00. The van der Waals surface area contributed by atoms with E-state index < -0.39 is 4.92 Å². The van der Waals surface area contributed by atoms with Gasteiger partial charge in [0.15, 0.2) is 5.11 Å². The molecule has 9 heteroatoms. The summed E-state index contributed by atoms with van der Waals surface area (Å²) in [5.74, 6) is -0.365. The van der Waals surface area contributed by atoms with Gasteiger partial charge in [-0.2, -0.15) is 0 Å². The van der Waals surface area contributed by atoms with Crippen molar-refractivity contribution in [1.82, 2.24) is 0 Å². The molecule has 148 valence electrons. The molecular formula is C19H21N3O4S2. The number of nitro groups is 1. The van der Waals surface area contributed by atoms with E-state index in [4.69, 9.17) is 17.0 Å². The second-order valence-electron chi connectivity index (χ2n) is 6.60. The molecule has 0 saturated heterocycles. The highest BCUT2D eigenvalue weighted by Gasteiger charge is 2.25. The second-order valence-corrected chi connectivity index (χ2v) is 8.11. The van der Waals surface area contributed by atoms with Crippen LogP contribution in [0.1, 0.15) is 45.6 Å². The molecule has 0 unspecified atom stereocenters. The fourth-order valence-electron chi connectivity index (χ4n) is 3.31. The predicted octanol–water partition coefficient (Wildman–Crippen LogP) is 4.83. The maximum absolute atomic E-state index is 12.4. The van der Waals surface area contributed by atoms with E-state index in [9.17, 15) is 14.9 Å². The Labute approximate surface area is 172 Å². The lowest BCUT2D eigenvalue weighted by atomic mass is 10.1. The van der Waals surface area contributed by atoms with Crippen LogP contribution >= 0.6 is 23.6 Å². The van der Waals surface area contributed by atoms with Gasteiger partial charge in [-0.15, -0.1) is 11.3 Å². The molecule has 1 aromatic carbocycles. The number of nitro benzene ring substituents is 1. The van der Waals surface area contributed by atoms with Crippen molar-refractivity contribution in [3.05, 3.63) is 49.9 Å². The van der Waals surface area contributed by atoms with Crippen LogP contribution in [0, 0.1) is 17.0 Å². The molecule has 7 nitrogen and oxygen atoms in total. The number of esters is 1. The van der Waals surface area contributed by atoms with Crippen molar-refractivity contribution in [2.45, 2.75) is 39.0 Å². The standard InChI is InChI=1S/C19H21N3O4S2/c1-11-10-12(22(24)25)8-9-14(11)20-19(27)21-17-16(18(23)26-2)13-6-4-3-5-7-15(13)28-17/h8-10H,3-7H2,1-2H3,(H2,20,21,27). The molecule has 0 amide bonds. The molecule has 0 atom stereocenters. The molecule has 1 aromatic heterocycles. The molecule has 2 aromatic rings. The van der Waals surface area contributed by atoms with E-state index in [1.54, 1.807) is 13.0 Å². The summed E-state index contributed by atoms with van der Waals surface area (Å²) in [5.41, 5.74) is 3.02. The first-order valence-corrected chi connectivity index (χ1v) is 10.2. The zero-order chi connectivity index (χ0) is 20.3. The first kappa shape index (κ1) is 20.2. The van der Waals surface area contributed by atoms with Crippen LogP contribution in [-0.4, -0.2) is 23.1 Å². The highest BCUT2D eigenvalue weighted by Crippen LogP contribution is 2.38. The summed E-state index contributed by atoms with van der Waals surface area (Å²) in [4.78, 5) is 24.0. The van der Waals surface area contributed by atoms with Crippen molar-refractivity contribution >= 4 is 51.0 Å². The van der Waals surface area contributed by atoms with E-state index in [1.165, 1.54) is 35.5 Å². The minimum atomic E-state index is -0.436. The van der Waals surface area contributed by atoms with E-state index in [2.05, 4.69) is 10.6 Å². The number of aryl methyl sites for hydroxylation is 2. The van der Waals surface area contributed by atoms with Crippen molar-refractivity contribution in [2.75, 3.05) is 17.7 Å². The number of thiophene rings is 1. The topological polar surface area (TPSA) is 93.5 Å². The molecule has 0 radical (unpaired) electrons. The van der Waals surface area contributed by atoms with E-state index in [1.807, 2.05) is 0 Å². The summed E-state index contributed by atoms with van der Waals surface area (Å²) in [6.45, 7) is 1.77. The van der Waals surface area contributed by atoms with Crippen molar-refractivity contribution in [1.29, 1.82) is 0 Å². The quantitative estimate of drug-likeness (QED) is 0.241. The minimum absolute atomic E-state index is 0.0249. The maximum atomic E-state index is 12.4. The van der Waals surface area contributed by atoms with Crippen molar-refractivity contribution < 1.29 is 14.5 Å². The number of ether oxygens (including phenoxy) is 1. The number of nitrogens with one attached hydrogen (secondary N) is 2. The van der Waals surface area contributed by atoms with Gasteiger partial charge in [-0.05, 0) is 62.0 Å². The lowest BCUT2D eigenvalue weighted by Gasteiger charge is -2.13. The SMILES string of the molecule is COC(=O)c1c(NC(=S)Nc2ccc([N+](=O)[O-])cc2C)sc2c1CCCCC2. The van der Waals surface area contributed by atoms with Crippen molar-refractivity contribution in [3.63, 3.8) is 0 Å². The fourth-order valence-corrected chi connectivity index (χ4v) is 4.87. The van der Waals surface area contributed by atoms with Crippen LogP contribution in [0.25, 0.3) is 0 Å². The second kappa shape index (κ2) is 8.66. The lowest BCUT2D eigenvalue weighted by Crippen LogP contribution is -2.20. The van der Waals surface area contributed by atoms with E-state index >= 15 is 0 Å². The molecule has 1 heterocycles. The number of anilines is 2. The Balaban J connectivity index is 1.82. The Kier molecular flexibility index (Phi) is 6.25. The Morgan fingerprint density at radius 2 is 2.00 bits per heavy atom. The third kappa shape index (κ3) is 4.31. The smallest absolute Gasteiger partial charge is 0.341 e. The van der Waals surface area contributed by atoms with Gasteiger partial charge in [0.1, 0.15) is 5.00 Å². The number of fused-ring (bicyclic) bond motifs is 1. The van der Waals surface area contributed by atoms with Gasteiger partial charge in [0.05, 0.1) is 17.6 Å². The van der Waals surface area contributed by atoms with Crippen LogP contribution in [0.2, 0.25) is 0 Å². The summed E-state index contributed by atoms with van der Waals surface area (Å²) in [6.07, 6.45) is 5.13. The van der Waals surface area contributed by atoms with Gasteiger partial charge in [0.2, 0.25) is 0 Å². The number of hydrogen-bond donors (Lipinski definition) is 2. The Hall–Kier alpha value is -2.52. The van der Waals surface area contributed by atoms with Crippen LogP contribution in [0.3, 0.4) is 0 Å². The van der Waals surface area contributed by atoms with Crippen LogP contribution < -0.4 is 10.6 Å². The summed E-state index contributed by atoms with van der Waals surface area (Å²) in [5, 5.41) is 18.1. The maximum Gasteiger partial charge on any atom is 0.341 e. The van der Waals surface area contributed by atoms with Crippen molar-refractivity contribution in [3.8, 4) is 0 Å². The number of carbonyl (C=O) groups excluding carboxylic acids is 1. The van der Waals surface area contributed by atoms with Gasteiger partial charge in [-0.1, -0.05) is 6.42 Å². The fraction of sp³-hybridized carbons (Fsp3) is 0.368. The van der Waals surface area contributed by atoms with Gasteiger partial charge in [0.25, 0.3) is 5.69 Å². The highest BCUT2D eigenvalue weighted by atomic mass is 32.1. The predicted molar refractivity (Wildman–Crippen MR) is 115 cm³/mol. The zero-order valence-electron chi connectivity index (χ0n) is 15.7. The summed E-state index contributed by atoms with van der Waals surface area (Å²) in [6, 6.07) is 4.52. The Morgan fingerprint density at radius 3 is 2.68 bits per heavy atom. The summed E-state index contributed by atoms with van der Waals surface area (Å²) in [7, 11) is 1.38. The first-order chi connectivity index (χ1) is 13.4. The summed E-state index contributed by atoms with van der Waals surface area (Å²) >= 11 is 6.95. The molecule has 0 saturated carbocycles. The molecule has 2 N–H and O–H groups in total. The zero-order valence-corrected chi connectivity index (χ0v) is 17.3. The molecule has 1 aliphatic rings. The van der Waals surface area contributed by atoms with Crippen LogP contribution in [0.5, 0.6) is 0 Å². The van der Waals surface area contributed by atoms with Crippen molar-refractivity contribution in [2.24, 2.45) is 0 Å². The third-order valence-electron chi connectivity index (χ3n) is 4.71. The normalized spacial score (nSPS) is 13.2. The number of hydrogen-bond acceptors (Lipinski definition) is 6. The lowest BCUT2D eigenvalue weighted by molar-refractivity contribution is -0.384. The number of methoxy groups -OCH3 is 1.